The maximum absolute atomic E-state index is 12.0. The Balaban J connectivity index is 4.07. The number of amides is 1. The zero-order valence-corrected chi connectivity index (χ0v) is 11.8. The van der Waals surface area contributed by atoms with Crippen LogP contribution in [0, 0.1) is 0 Å². The van der Waals surface area contributed by atoms with E-state index in [-0.39, 0.29) is 13.2 Å². The summed E-state index contributed by atoms with van der Waals surface area (Å²) in [4.78, 5) is 20.2. The maximum atomic E-state index is 12.0. The second-order valence-electron chi connectivity index (χ2n) is 3.74. The molecule has 0 aliphatic rings. The summed E-state index contributed by atoms with van der Waals surface area (Å²) in [5.74, 6) is -0.809. The number of hydrogen-bond acceptors (Lipinski definition) is 6. The molecule has 108 valence electrons. The first kappa shape index (κ1) is 17.5. The number of nitrogens with two attached hydrogens (primary N) is 1. The van der Waals surface area contributed by atoms with Crippen LogP contribution < -0.4 is 5.73 Å². The van der Waals surface area contributed by atoms with Gasteiger partial charge >= 0.3 is 7.60 Å². The minimum atomic E-state index is -3.77. The van der Waals surface area contributed by atoms with Crippen LogP contribution in [0.3, 0.4) is 0 Å². The van der Waals surface area contributed by atoms with Crippen LogP contribution in [-0.2, 0) is 28.5 Å². The first-order valence-electron chi connectivity index (χ1n) is 6.04. The van der Waals surface area contributed by atoms with E-state index < -0.39 is 19.7 Å². The average Bonchev–Trinajstić information content (AvgIpc) is 2.30. The van der Waals surface area contributed by atoms with Crippen molar-refractivity contribution in [3.63, 3.8) is 0 Å². The van der Waals surface area contributed by atoms with Crippen molar-refractivity contribution in [1.82, 2.24) is 0 Å². The van der Waals surface area contributed by atoms with Gasteiger partial charge < -0.3 is 5.73 Å². The highest BCUT2D eigenvalue weighted by atomic mass is 31.2. The molecule has 0 aromatic carbocycles. The Kier molecular flexibility index (Phi) is 10.2. The summed E-state index contributed by atoms with van der Waals surface area (Å²) < 4.78 is 21.2. The number of carbonyl (C=O) groups is 1. The van der Waals surface area contributed by atoms with Gasteiger partial charge in [0.05, 0.1) is 13.2 Å². The fraction of sp³-hybridized carbons (Fsp3) is 0.900. The third-order valence-electron chi connectivity index (χ3n) is 1.84. The van der Waals surface area contributed by atoms with E-state index in [0.717, 1.165) is 25.7 Å². The van der Waals surface area contributed by atoms with Crippen LogP contribution in [0.5, 0.6) is 0 Å². The molecule has 0 saturated carbocycles. The van der Waals surface area contributed by atoms with E-state index in [9.17, 15) is 9.36 Å². The summed E-state index contributed by atoms with van der Waals surface area (Å²) in [6.45, 7) is 4.46. The Labute approximate surface area is 107 Å². The lowest BCUT2D eigenvalue weighted by Crippen LogP contribution is -2.18. The van der Waals surface area contributed by atoms with Gasteiger partial charge in [0.25, 0.3) is 0 Å². The molecule has 0 bridgehead atoms. The SMILES string of the molecule is CCCCOOP(=O)(CC(N)=O)OOCCCC. The lowest BCUT2D eigenvalue weighted by molar-refractivity contribution is -0.266. The molecule has 8 heteroatoms. The lowest BCUT2D eigenvalue weighted by atomic mass is 10.4. The highest BCUT2D eigenvalue weighted by Crippen LogP contribution is 2.48. The second kappa shape index (κ2) is 10.5. The van der Waals surface area contributed by atoms with Crippen molar-refractivity contribution in [3.8, 4) is 0 Å². The number of unbranched alkanes of at least 4 members (excludes halogenated alkanes) is 2. The molecule has 18 heavy (non-hydrogen) atoms. The van der Waals surface area contributed by atoms with Crippen molar-refractivity contribution in [2.45, 2.75) is 39.5 Å². The first-order valence-corrected chi connectivity index (χ1v) is 7.76. The molecule has 0 aliphatic carbocycles. The summed E-state index contributed by atoms with van der Waals surface area (Å²) in [7, 11) is -3.77. The largest absolute Gasteiger partial charge is 0.393 e. The molecule has 0 spiro atoms. The highest BCUT2D eigenvalue weighted by molar-refractivity contribution is 7.54. The Morgan fingerprint density at radius 1 is 1.06 bits per heavy atom. The number of carbonyl (C=O) groups excluding carboxylic acids is 1. The molecule has 7 nitrogen and oxygen atoms in total. The van der Waals surface area contributed by atoms with Crippen LogP contribution in [0.2, 0.25) is 0 Å². The van der Waals surface area contributed by atoms with Gasteiger partial charge in [-0.15, -0.1) is 9.35 Å². The Hall–Kier alpha value is -0.460. The highest BCUT2D eigenvalue weighted by Gasteiger charge is 2.30. The summed E-state index contributed by atoms with van der Waals surface area (Å²) in [5.41, 5.74) is 4.96. The van der Waals surface area contributed by atoms with Crippen LogP contribution in [0.1, 0.15) is 39.5 Å². The van der Waals surface area contributed by atoms with Crippen LogP contribution in [0.15, 0.2) is 0 Å². The van der Waals surface area contributed by atoms with E-state index in [4.69, 9.17) is 15.5 Å². The van der Waals surface area contributed by atoms with Crippen molar-refractivity contribution in [1.29, 1.82) is 0 Å². The Bertz CT molecular complexity index is 257. The zero-order chi connectivity index (χ0) is 13.9. The fourth-order valence-electron chi connectivity index (χ4n) is 0.898. The van der Waals surface area contributed by atoms with Crippen LogP contribution in [0.4, 0.5) is 0 Å². The third kappa shape index (κ3) is 9.56. The van der Waals surface area contributed by atoms with E-state index in [0.29, 0.717) is 0 Å². The zero-order valence-electron chi connectivity index (χ0n) is 10.9. The van der Waals surface area contributed by atoms with Gasteiger partial charge in [-0.05, 0) is 12.8 Å². The van der Waals surface area contributed by atoms with E-state index in [1.165, 1.54) is 0 Å². The van der Waals surface area contributed by atoms with Crippen molar-refractivity contribution in [3.05, 3.63) is 0 Å². The van der Waals surface area contributed by atoms with Crippen molar-refractivity contribution >= 4 is 13.5 Å². The van der Waals surface area contributed by atoms with Crippen molar-refractivity contribution < 1.29 is 28.5 Å². The maximum Gasteiger partial charge on any atom is 0.393 e. The van der Waals surface area contributed by atoms with Gasteiger partial charge in [-0.3, -0.25) is 9.36 Å². The van der Waals surface area contributed by atoms with Crippen LogP contribution in [-0.4, -0.2) is 25.3 Å². The topological polar surface area (TPSA) is 97.1 Å². The lowest BCUT2D eigenvalue weighted by Gasteiger charge is -2.14. The number of rotatable bonds is 12. The smallest absolute Gasteiger partial charge is 0.369 e. The molecular formula is C10H22NO6P. The molecule has 0 radical (unpaired) electrons. The molecule has 0 rings (SSSR count). The predicted molar refractivity (Wildman–Crippen MR) is 65.6 cm³/mol. The molecule has 0 atom stereocenters. The molecule has 0 saturated heterocycles. The van der Waals surface area contributed by atoms with Gasteiger partial charge in [0, 0.05) is 0 Å². The van der Waals surface area contributed by atoms with E-state index in [2.05, 4.69) is 9.35 Å². The normalized spacial score (nSPS) is 11.7. The molecule has 2 N–H and O–H groups in total. The molecule has 0 unspecified atom stereocenters. The van der Waals surface area contributed by atoms with E-state index >= 15 is 0 Å². The third-order valence-corrected chi connectivity index (χ3v) is 3.21. The van der Waals surface area contributed by atoms with Gasteiger partial charge in [-0.1, -0.05) is 26.7 Å². The van der Waals surface area contributed by atoms with E-state index in [1.54, 1.807) is 0 Å². The summed E-state index contributed by atoms with van der Waals surface area (Å²) >= 11 is 0. The van der Waals surface area contributed by atoms with Gasteiger partial charge in [-0.2, -0.15) is 0 Å². The van der Waals surface area contributed by atoms with Gasteiger partial charge in [0.2, 0.25) is 5.91 Å². The molecule has 0 fully saturated rings. The fourth-order valence-corrected chi connectivity index (χ4v) is 1.88. The molecule has 0 aromatic heterocycles. The monoisotopic (exact) mass is 283 g/mol. The molecule has 0 aliphatic heterocycles. The predicted octanol–water partition coefficient (Wildman–Crippen LogP) is 2.16. The summed E-state index contributed by atoms with van der Waals surface area (Å²) in [6, 6.07) is 0. The first-order chi connectivity index (χ1) is 8.54. The number of hydrogen-bond donors (Lipinski definition) is 1. The van der Waals surface area contributed by atoms with Crippen LogP contribution in [0.25, 0.3) is 0 Å². The summed E-state index contributed by atoms with van der Waals surface area (Å²) in [6.07, 6.45) is 2.71. The second-order valence-corrected chi connectivity index (χ2v) is 5.57. The Morgan fingerprint density at radius 2 is 1.50 bits per heavy atom. The minimum absolute atomic E-state index is 0.261. The summed E-state index contributed by atoms with van der Waals surface area (Å²) in [5, 5.41) is 0. The standard InChI is InChI=1S/C10H22NO6P/c1-3-5-7-14-16-18(13,9-10(11)12)17-15-8-6-4-2/h3-9H2,1-2H3,(H2,11,12). The van der Waals surface area contributed by atoms with Crippen LogP contribution >= 0.6 is 7.60 Å². The van der Waals surface area contributed by atoms with Gasteiger partial charge in [0.15, 0.2) is 0 Å². The van der Waals surface area contributed by atoms with Gasteiger partial charge in [0.1, 0.15) is 6.16 Å². The Morgan fingerprint density at radius 3 is 1.83 bits per heavy atom. The van der Waals surface area contributed by atoms with Crippen molar-refractivity contribution in [2.24, 2.45) is 5.73 Å². The number of primary amides is 1. The van der Waals surface area contributed by atoms with E-state index in [1.807, 2.05) is 13.8 Å². The van der Waals surface area contributed by atoms with Gasteiger partial charge in [-0.25, -0.2) is 9.78 Å². The minimum Gasteiger partial charge on any atom is -0.369 e. The average molecular weight is 283 g/mol. The molecule has 0 heterocycles. The molecule has 0 aromatic rings. The van der Waals surface area contributed by atoms with Crippen molar-refractivity contribution in [2.75, 3.05) is 19.4 Å². The molecule has 1 amide bonds. The quantitative estimate of drug-likeness (QED) is 0.255. The molecular weight excluding hydrogens is 261 g/mol.